The number of aliphatic hydroxyl groups excluding tert-OH is 1. The average Bonchev–Trinajstić information content (AvgIpc) is 2.72. The summed E-state index contributed by atoms with van der Waals surface area (Å²) in [5.74, 6) is 3.22. The summed E-state index contributed by atoms with van der Waals surface area (Å²) in [6.07, 6.45) is 1.97. The number of carbonyl (C=O) groups is 1. The van der Waals surface area contributed by atoms with Crippen molar-refractivity contribution >= 4 is 23.1 Å². The molecule has 3 rings (SSSR count). The predicted molar refractivity (Wildman–Crippen MR) is 122 cm³/mol. The summed E-state index contributed by atoms with van der Waals surface area (Å²) in [6, 6.07) is 8.85. The van der Waals surface area contributed by atoms with Gasteiger partial charge in [0.05, 0.1) is 11.1 Å². The van der Waals surface area contributed by atoms with Gasteiger partial charge in [-0.3, -0.25) is 4.79 Å². The van der Waals surface area contributed by atoms with Crippen LogP contribution in [-0.4, -0.2) is 16.6 Å². The molecule has 0 fully saturated rings. The van der Waals surface area contributed by atoms with Gasteiger partial charge in [0.15, 0.2) is 5.78 Å². The van der Waals surface area contributed by atoms with Crippen molar-refractivity contribution in [1.82, 2.24) is 0 Å². The Hall–Kier alpha value is -2.65. The number of hydrogen-bond acceptors (Lipinski definition) is 3. The second-order valence-electron chi connectivity index (χ2n) is 8.37. The number of carbonyl (C=O) groups excluding carboxylic acids is 1. The van der Waals surface area contributed by atoms with Crippen molar-refractivity contribution in [3.8, 4) is 12.3 Å². The van der Waals surface area contributed by atoms with Crippen LogP contribution in [0, 0.1) is 38.0 Å². The van der Waals surface area contributed by atoms with Crippen LogP contribution in [0.5, 0.6) is 0 Å². The van der Waals surface area contributed by atoms with Crippen LogP contribution in [0.4, 0.5) is 13.2 Å². The number of aliphatic hydroxyl groups is 1. The predicted octanol–water partition coefficient (Wildman–Crippen LogP) is 6.98. The van der Waals surface area contributed by atoms with Gasteiger partial charge in [-0.2, -0.15) is 13.2 Å². The quantitative estimate of drug-likeness (QED) is 0.388. The highest BCUT2D eigenvalue weighted by Gasteiger charge is 2.33. The van der Waals surface area contributed by atoms with E-state index in [2.05, 4.69) is 5.92 Å². The molecule has 0 aliphatic heterocycles. The third kappa shape index (κ3) is 5.21. The van der Waals surface area contributed by atoms with E-state index < -0.39 is 11.7 Å². The van der Waals surface area contributed by atoms with Gasteiger partial charge in [0.2, 0.25) is 0 Å². The van der Waals surface area contributed by atoms with Crippen LogP contribution in [0.1, 0.15) is 47.6 Å². The largest absolute Gasteiger partial charge is 0.512 e. The van der Waals surface area contributed by atoms with Crippen molar-refractivity contribution in [1.29, 1.82) is 0 Å². The molecule has 0 heterocycles. The first-order chi connectivity index (χ1) is 15.0. The summed E-state index contributed by atoms with van der Waals surface area (Å²) in [7, 11) is 0. The molecule has 0 aromatic heterocycles. The molecule has 0 radical (unpaired) electrons. The van der Waals surface area contributed by atoms with E-state index in [0.717, 1.165) is 28.2 Å². The van der Waals surface area contributed by atoms with Crippen molar-refractivity contribution in [2.45, 2.75) is 44.7 Å². The van der Waals surface area contributed by atoms with E-state index in [-0.39, 0.29) is 23.4 Å². The molecule has 1 aliphatic carbocycles. The number of aryl methyl sites for hydroxylation is 2. The van der Waals surface area contributed by atoms with E-state index in [4.69, 9.17) is 6.42 Å². The van der Waals surface area contributed by atoms with Crippen LogP contribution >= 0.6 is 11.8 Å². The summed E-state index contributed by atoms with van der Waals surface area (Å²) < 4.78 is 38.2. The van der Waals surface area contributed by atoms with Crippen molar-refractivity contribution < 1.29 is 23.1 Å². The first-order valence-corrected chi connectivity index (χ1v) is 11.3. The Kier molecular flexibility index (Phi) is 7.09. The first kappa shape index (κ1) is 24.0. The van der Waals surface area contributed by atoms with Gasteiger partial charge >= 0.3 is 6.18 Å². The number of allylic oxidation sites excluding steroid dienone is 2. The Labute approximate surface area is 190 Å². The van der Waals surface area contributed by atoms with Gasteiger partial charge in [-0.15, -0.1) is 18.2 Å². The molecule has 2 atom stereocenters. The maximum Gasteiger partial charge on any atom is 0.416 e. The van der Waals surface area contributed by atoms with E-state index in [0.29, 0.717) is 35.3 Å². The minimum absolute atomic E-state index is 0.0479. The lowest BCUT2D eigenvalue weighted by Gasteiger charge is -2.29. The van der Waals surface area contributed by atoms with Crippen LogP contribution in [-0.2, 0) is 11.0 Å². The summed E-state index contributed by atoms with van der Waals surface area (Å²) in [5.41, 5.74) is 2.72. The van der Waals surface area contributed by atoms with Gasteiger partial charge in [-0.1, -0.05) is 18.9 Å². The normalized spacial score (nSPS) is 17.9. The van der Waals surface area contributed by atoms with Crippen LogP contribution < -0.4 is 0 Å². The Morgan fingerprint density at radius 3 is 2.41 bits per heavy atom. The van der Waals surface area contributed by atoms with Crippen LogP contribution in [0.2, 0.25) is 0 Å². The van der Waals surface area contributed by atoms with Gasteiger partial charge in [0, 0.05) is 34.6 Å². The van der Waals surface area contributed by atoms with E-state index in [1.165, 1.54) is 23.9 Å². The van der Waals surface area contributed by atoms with E-state index in [1.807, 2.05) is 32.9 Å². The maximum absolute atomic E-state index is 13.0. The number of benzene rings is 2. The smallest absolute Gasteiger partial charge is 0.416 e. The van der Waals surface area contributed by atoms with E-state index in [1.54, 1.807) is 0 Å². The Balaban J connectivity index is 1.73. The molecule has 0 spiro atoms. The lowest BCUT2D eigenvalue weighted by molar-refractivity contribution is -0.137. The molecule has 6 heteroatoms. The second-order valence-corrected chi connectivity index (χ2v) is 9.47. The number of alkyl halides is 3. The standard InChI is InChI=1S/C26H25F3O2S/c1-5-18-11-15(2)10-16(3)24(18)25-22(30)12-19(13-23(25)31)17(4)14-32-21-8-6-20(7-9-21)26(27,28)29/h1,6-11,17,19,30H,12-14H2,2-4H3. The molecular formula is C26H25F3O2S. The molecular weight excluding hydrogens is 433 g/mol. The number of halogens is 3. The molecule has 1 N–H and O–H groups in total. The third-order valence-electron chi connectivity index (χ3n) is 5.86. The number of thioether (sulfide) groups is 1. The fraction of sp³-hybridized carbons (Fsp3) is 0.346. The fourth-order valence-corrected chi connectivity index (χ4v) is 5.18. The summed E-state index contributed by atoms with van der Waals surface area (Å²) >= 11 is 1.45. The van der Waals surface area contributed by atoms with Crippen LogP contribution in [0.15, 0.2) is 47.1 Å². The average molecular weight is 459 g/mol. The molecule has 0 bridgehead atoms. The summed E-state index contributed by atoms with van der Waals surface area (Å²) in [5, 5.41) is 10.8. The Bertz CT molecular complexity index is 1090. The number of rotatable bonds is 5. The SMILES string of the molecule is C#Cc1cc(C)cc(C)c1C1=C(O)CC(C(C)CSc2ccc(C(F)(F)F)cc2)CC1=O. The number of Topliss-reactive ketones (excluding diaryl/α,β-unsaturated/α-hetero) is 1. The zero-order valence-electron chi connectivity index (χ0n) is 18.2. The zero-order chi connectivity index (χ0) is 23.6. The number of ketones is 1. The monoisotopic (exact) mass is 458 g/mol. The van der Waals surface area contributed by atoms with Crippen molar-refractivity contribution in [3.05, 3.63) is 70.0 Å². The molecule has 2 nitrogen and oxygen atoms in total. The molecule has 0 saturated heterocycles. The lowest BCUT2D eigenvalue weighted by atomic mass is 9.77. The van der Waals surface area contributed by atoms with Crippen LogP contribution in [0.25, 0.3) is 5.57 Å². The van der Waals surface area contributed by atoms with E-state index >= 15 is 0 Å². The van der Waals surface area contributed by atoms with Gasteiger partial charge in [-0.05, 0) is 67.1 Å². The summed E-state index contributed by atoms with van der Waals surface area (Å²) in [4.78, 5) is 13.8. The number of terminal acetylenes is 1. The van der Waals surface area contributed by atoms with Gasteiger partial charge in [0.25, 0.3) is 0 Å². The van der Waals surface area contributed by atoms with Crippen molar-refractivity contribution in [2.24, 2.45) is 11.8 Å². The highest BCUT2D eigenvalue weighted by atomic mass is 32.2. The molecule has 0 saturated carbocycles. The molecule has 2 aromatic rings. The minimum atomic E-state index is -4.35. The van der Waals surface area contributed by atoms with Gasteiger partial charge < -0.3 is 5.11 Å². The maximum atomic E-state index is 13.0. The molecule has 2 aromatic carbocycles. The first-order valence-electron chi connectivity index (χ1n) is 10.3. The van der Waals surface area contributed by atoms with Gasteiger partial charge in [-0.25, -0.2) is 0 Å². The van der Waals surface area contributed by atoms with Crippen molar-refractivity contribution in [2.75, 3.05) is 5.75 Å². The molecule has 2 unspecified atom stereocenters. The second kappa shape index (κ2) is 9.46. The Morgan fingerprint density at radius 2 is 1.84 bits per heavy atom. The van der Waals surface area contributed by atoms with E-state index in [9.17, 15) is 23.1 Å². The molecule has 32 heavy (non-hydrogen) atoms. The van der Waals surface area contributed by atoms with Crippen LogP contribution in [0.3, 0.4) is 0 Å². The molecule has 1 aliphatic rings. The molecule has 168 valence electrons. The minimum Gasteiger partial charge on any atom is -0.512 e. The molecule has 0 amide bonds. The topological polar surface area (TPSA) is 37.3 Å². The number of hydrogen-bond donors (Lipinski definition) is 1. The zero-order valence-corrected chi connectivity index (χ0v) is 19.0. The highest BCUT2D eigenvalue weighted by Crippen LogP contribution is 2.39. The van der Waals surface area contributed by atoms with Crippen molar-refractivity contribution in [3.63, 3.8) is 0 Å². The lowest BCUT2D eigenvalue weighted by Crippen LogP contribution is -2.25. The van der Waals surface area contributed by atoms with Gasteiger partial charge in [0.1, 0.15) is 5.76 Å². The third-order valence-corrected chi connectivity index (χ3v) is 7.15. The Morgan fingerprint density at radius 1 is 1.19 bits per heavy atom. The highest BCUT2D eigenvalue weighted by molar-refractivity contribution is 7.99. The fourth-order valence-electron chi connectivity index (χ4n) is 4.13. The summed E-state index contributed by atoms with van der Waals surface area (Å²) in [6.45, 7) is 5.81.